The van der Waals surface area contributed by atoms with Crippen LogP contribution in [0, 0.1) is 10.1 Å². The smallest absolute Gasteiger partial charge is 0.270 e. The second kappa shape index (κ2) is 6.58. The minimum Gasteiger partial charge on any atom is -0.396 e. The fourth-order valence-electron chi connectivity index (χ4n) is 1.74. The summed E-state index contributed by atoms with van der Waals surface area (Å²) in [4.78, 5) is 10.2. The second-order valence-corrected chi connectivity index (χ2v) is 5.12. The average Bonchev–Trinajstić information content (AvgIpc) is 2.86. The number of hydrogen-bond acceptors (Lipinski definition) is 5. The predicted molar refractivity (Wildman–Crippen MR) is 75.3 cm³/mol. The van der Waals surface area contributed by atoms with Crippen molar-refractivity contribution in [3.63, 3.8) is 0 Å². The summed E-state index contributed by atoms with van der Waals surface area (Å²) in [6.07, 6.45) is 3.14. The van der Waals surface area contributed by atoms with Crippen LogP contribution in [0.25, 0.3) is 0 Å². The van der Waals surface area contributed by atoms with Crippen molar-refractivity contribution in [3.8, 4) is 0 Å². The van der Waals surface area contributed by atoms with Crippen LogP contribution in [0.2, 0.25) is 0 Å². The molecule has 0 aliphatic heterocycles. The Hall–Kier alpha value is -1.80. The van der Waals surface area contributed by atoms with Gasteiger partial charge in [0, 0.05) is 29.4 Å². The van der Waals surface area contributed by atoms with Crippen molar-refractivity contribution in [2.45, 2.75) is 19.4 Å². The molecule has 0 bridgehead atoms. The Kier molecular flexibility index (Phi) is 4.80. The molecule has 0 aliphatic rings. The molecule has 1 heterocycles. The van der Waals surface area contributed by atoms with Crippen molar-refractivity contribution in [3.05, 3.63) is 50.2 Å². The quantitative estimate of drug-likeness (QED) is 0.640. The number of aromatic nitrogens is 3. The van der Waals surface area contributed by atoms with E-state index in [1.54, 1.807) is 10.7 Å². The first kappa shape index (κ1) is 14.6. The van der Waals surface area contributed by atoms with Gasteiger partial charge < -0.3 is 5.11 Å². The van der Waals surface area contributed by atoms with Crippen LogP contribution in [-0.4, -0.2) is 31.6 Å². The zero-order valence-electron chi connectivity index (χ0n) is 10.6. The SMILES string of the molecule is O=[N+]([O-])c1ccc(Cn2cc(CCCO)nn2)c(Br)c1. The molecule has 20 heavy (non-hydrogen) atoms. The minimum atomic E-state index is -0.434. The lowest BCUT2D eigenvalue weighted by molar-refractivity contribution is -0.384. The highest BCUT2D eigenvalue weighted by Crippen LogP contribution is 2.23. The maximum absolute atomic E-state index is 10.7. The van der Waals surface area contributed by atoms with E-state index in [1.807, 2.05) is 6.20 Å². The van der Waals surface area contributed by atoms with Crippen molar-refractivity contribution in [2.24, 2.45) is 0 Å². The van der Waals surface area contributed by atoms with Gasteiger partial charge >= 0.3 is 0 Å². The van der Waals surface area contributed by atoms with E-state index in [-0.39, 0.29) is 12.3 Å². The summed E-state index contributed by atoms with van der Waals surface area (Å²) >= 11 is 3.32. The average molecular weight is 341 g/mol. The van der Waals surface area contributed by atoms with Crippen LogP contribution in [0.15, 0.2) is 28.9 Å². The first-order chi connectivity index (χ1) is 9.60. The van der Waals surface area contributed by atoms with Crippen molar-refractivity contribution < 1.29 is 10.0 Å². The Bertz CT molecular complexity index is 614. The van der Waals surface area contributed by atoms with Gasteiger partial charge in [0.25, 0.3) is 5.69 Å². The molecule has 0 saturated carbocycles. The molecule has 0 radical (unpaired) electrons. The van der Waals surface area contributed by atoms with Gasteiger partial charge in [-0.1, -0.05) is 21.1 Å². The first-order valence-electron chi connectivity index (χ1n) is 6.03. The van der Waals surface area contributed by atoms with E-state index in [9.17, 15) is 10.1 Å². The van der Waals surface area contributed by atoms with Crippen LogP contribution in [0.5, 0.6) is 0 Å². The van der Waals surface area contributed by atoms with E-state index in [1.165, 1.54) is 12.1 Å². The molecule has 7 nitrogen and oxygen atoms in total. The number of aliphatic hydroxyl groups is 1. The van der Waals surface area contributed by atoms with E-state index in [0.717, 1.165) is 11.3 Å². The van der Waals surface area contributed by atoms with E-state index >= 15 is 0 Å². The monoisotopic (exact) mass is 340 g/mol. The van der Waals surface area contributed by atoms with Crippen molar-refractivity contribution in [1.82, 2.24) is 15.0 Å². The maximum atomic E-state index is 10.7. The molecule has 0 unspecified atom stereocenters. The minimum absolute atomic E-state index is 0.0443. The fraction of sp³-hybridized carbons (Fsp3) is 0.333. The summed E-state index contributed by atoms with van der Waals surface area (Å²) in [7, 11) is 0. The molecule has 8 heteroatoms. The van der Waals surface area contributed by atoms with Gasteiger partial charge in [-0.3, -0.25) is 10.1 Å². The number of non-ortho nitro benzene ring substituents is 1. The molecular weight excluding hydrogens is 328 g/mol. The van der Waals surface area contributed by atoms with E-state index in [0.29, 0.717) is 23.9 Å². The largest absolute Gasteiger partial charge is 0.396 e. The molecule has 0 aliphatic carbocycles. The van der Waals surface area contributed by atoms with Crippen LogP contribution in [0.4, 0.5) is 5.69 Å². The second-order valence-electron chi connectivity index (χ2n) is 4.27. The number of benzene rings is 1. The molecule has 1 aromatic heterocycles. The number of hydrogen-bond donors (Lipinski definition) is 1. The predicted octanol–water partition coefficient (Wildman–Crippen LogP) is 1.92. The van der Waals surface area contributed by atoms with Gasteiger partial charge in [-0.15, -0.1) is 5.10 Å². The first-order valence-corrected chi connectivity index (χ1v) is 6.82. The number of nitro benzene ring substituents is 1. The van der Waals surface area contributed by atoms with E-state index in [2.05, 4.69) is 26.2 Å². The van der Waals surface area contributed by atoms with Crippen molar-refractivity contribution in [2.75, 3.05) is 6.61 Å². The van der Waals surface area contributed by atoms with Crippen LogP contribution in [-0.2, 0) is 13.0 Å². The Labute approximate surface area is 123 Å². The van der Waals surface area contributed by atoms with E-state index < -0.39 is 4.92 Å². The molecule has 0 saturated heterocycles. The summed E-state index contributed by atoms with van der Waals surface area (Å²) in [5, 5.41) is 27.4. The summed E-state index contributed by atoms with van der Waals surface area (Å²) in [5.41, 5.74) is 1.74. The molecular formula is C12H13BrN4O3. The van der Waals surface area contributed by atoms with Crippen molar-refractivity contribution >= 4 is 21.6 Å². The standard InChI is InChI=1S/C12H13BrN4O3/c13-12-6-11(17(19)20)4-3-9(12)7-16-8-10(14-15-16)2-1-5-18/h3-4,6,8,18H,1-2,5,7H2. The van der Waals surface area contributed by atoms with Gasteiger partial charge in [-0.05, 0) is 24.5 Å². The van der Waals surface area contributed by atoms with Gasteiger partial charge in [0.2, 0.25) is 0 Å². The van der Waals surface area contributed by atoms with E-state index in [4.69, 9.17) is 5.11 Å². The Balaban J connectivity index is 2.09. The molecule has 0 amide bonds. The van der Waals surface area contributed by atoms with Gasteiger partial charge in [-0.2, -0.15) is 0 Å². The Morgan fingerprint density at radius 1 is 1.45 bits per heavy atom. The normalized spacial score (nSPS) is 10.7. The summed E-state index contributed by atoms with van der Waals surface area (Å²) in [6.45, 7) is 0.603. The zero-order chi connectivity index (χ0) is 14.5. The molecule has 1 aromatic carbocycles. The third-order valence-electron chi connectivity index (χ3n) is 2.76. The molecule has 1 N–H and O–H groups in total. The van der Waals surface area contributed by atoms with Crippen molar-refractivity contribution in [1.29, 1.82) is 0 Å². The number of aryl methyl sites for hydroxylation is 1. The lowest BCUT2D eigenvalue weighted by Gasteiger charge is -2.03. The summed E-state index contributed by atoms with van der Waals surface area (Å²) in [5.74, 6) is 0. The van der Waals surface area contributed by atoms with Gasteiger partial charge in [0.1, 0.15) is 0 Å². The molecule has 2 aromatic rings. The molecule has 2 rings (SSSR count). The van der Waals surface area contributed by atoms with Gasteiger partial charge in [0.15, 0.2) is 0 Å². The van der Waals surface area contributed by atoms with Crippen LogP contribution in [0.1, 0.15) is 17.7 Å². The highest BCUT2D eigenvalue weighted by Gasteiger charge is 2.10. The fourth-order valence-corrected chi connectivity index (χ4v) is 2.24. The summed E-state index contributed by atoms with van der Waals surface area (Å²) in [6, 6.07) is 4.62. The lowest BCUT2D eigenvalue weighted by Crippen LogP contribution is -2.01. The van der Waals surface area contributed by atoms with Gasteiger partial charge in [0.05, 0.1) is 17.2 Å². The topological polar surface area (TPSA) is 94.1 Å². The van der Waals surface area contributed by atoms with Crippen LogP contribution in [0.3, 0.4) is 0 Å². The number of nitro groups is 1. The number of aliphatic hydroxyl groups excluding tert-OH is 1. The Morgan fingerprint density at radius 2 is 2.25 bits per heavy atom. The number of rotatable bonds is 6. The molecule has 0 spiro atoms. The number of nitrogens with zero attached hydrogens (tertiary/aromatic N) is 4. The third-order valence-corrected chi connectivity index (χ3v) is 3.50. The third kappa shape index (κ3) is 3.61. The Morgan fingerprint density at radius 3 is 2.90 bits per heavy atom. The molecule has 0 atom stereocenters. The highest BCUT2D eigenvalue weighted by atomic mass is 79.9. The zero-order valence-corrected chi connectivity index (χ0v) is 12.2. The van der Waals surface area contributed by atoms with Crippen LogP contribution >= 0.6 is 15.9 Å². The molecule has 0 fully saturated rings. The number of halogens is 1. The molecule has 106 valence electrons. The summed E-state index contributed by atoms with van der Waals surface area (Å²) < 4.78 is 2.33. The van der Waals surface area contributed by atoms with Gasteiger partial charge in [-0.25, -0.2) is 4.68 Å². The maximum Gasteiger partial charge on any atom is 0.270 e. The highest BCUT2D eigenvalue weighted by molar-refractivity contribution is 9.10. The lowest BCUT2D eigenvalue weighted by atomic mass is 10.2. The van der Waals surface area contributed by atoms with Crippen LogP contribution < -0.4 is 0 Å².